The highest BCUT2D eigenvalue weighted by atomic mass is 16.5. The predicted molar refractivity (Wildman–Crippen MR) is 90.1 cm³/mol. The Bertz CT molecular complexity index is 446. The number of hydrogen-bond acceptors (Lipinski definition) is 2. The molecule has 1 saturated carbocycles. The van der Waals surface area contributed by atoms with Gasteiger partial charge in [0.1, 0.15) is 5.75 Å². The van der Waals surface area contributed by atoms with Crippen LogP contribution in [0.25, 0.3) is 0 Å². The summed E-state index contributed by atoms with van der Waals surface area (Å²) in [5.74, 6) is 1.70. The Labute approximate surface area is 130 Å². The van der Waals surface area contributed by atoms with Crippen molar-refractivity contribution in [2.24, 2.45) is 5.92 Å². The fraction of sp³-hybridized carbons (Fsp3) is 0.684. The maximum Gasteiger partial charge on any atom is 0.119 e. The minimum Gasteiger partial charge on any atom is -0.494 e. The van der Waals surface area contributed by atoms with E-state index in [9.17, 15) is 0 Å². The van der Waals surface area contributed by atoms with Crippen LogP contribution in [0.5, 0.6) is 5.75 Å². The van der Waals surface area contributed by atoms with E-state index in [2.05, 4.69) is 57.3 Å². The van der Waals surface area contributed by atoms with Gasteiger partial charge in [0.05, 0.1) is 6.61 Å². The summed E-state index contributed by atoms with van der Waals surface area (Å²) >= 11 is 0. The summed E-state index contributed by atoms with van der Waals surface area (Å²) < 4.78 is 5.58. The predicted octanol–water partition coefficient (Wildman–Crippen LogP) is 4.53. The molecule has 2 atom stereocenters. The molecule has 0 radical (unpaired) electrons. The standard InChI is InChI=1S/C19H31NO/c1-6-21-17-11-9-16(10-12-17)19(13-7-8-15(19)2)14-20-18(3,4)5/h9-12,15,20H,6-8,13-14H2,1-5H3. The van der Waals surface area contributed by atoms with Gasteiger partial charge in [0.2, 0.25) is 0 Å². The summed E-state index contributed by atoms with van der Waals surface area (Å²) in [5.41, 5.74) is 1.91. The topological polar surface area (TPSA) is 21.3 Å². The van der Waals surface area contributed by atoms with Crippen LogP contribution >= 0.6 is 0 Å². The first-order chi connectivity index (χ1) is 9.87. The Hall–Kier alpha value is -1.02. The molecule has 0 spiro atoms. The average molecular weight is 289 g/mol. The Morgan fingerprint density at radius 3 is 2.38 bits per heavy atom. The number of ether oxygens (including phenoxy) is 1. The maximum atomic E-state index is 5.58. The SMILES string of the molecule is CCOc1ccc(C2(CNC(C)(C)C)CCCC2C)cc1. The first-order valence-electron chi connectivity index (χ1n) is 8.36. The van der Waals surface area contributed by atoms with Crippen molar-refractivity contribution in [2.75, 3.05) is 13.2 Å². The maximum absolute atomic E-state index is 5.58. The lowest BCUT2D eigenvalue weighted by Crippen LogP contribution is -2.47. The fourth-order valence-electron chi connectivity index (χ4n) is 3.51. The van der Waals surface area contributed by atoms with Gasteiger partial charge in [-0.1, -0.05) is 25.5 Å². The Morgan fingerprint density at radius 2 is 1.90 bits per heavy atom. The second-order valence-electron chi connectivity index (χ2n) is 7.51. The van der Waals surface area contributed by atoms with Gasteiger partial charge >= 0.3 is 0 Å². The number of benzene rings is 1. The van der Waals surface area contributed by atoms with Gasteiger partial charge in [-0.25, -0.2) is 0 Å². The van der Waals surface area contributed by atoms with Crippen LogP contribution < -0.4 is 10.1 Å². The molecule has 0 saturated heterocycles. The molecule has 2 rings (SSSR count). The summed E-state index contributed by atoms with van der Waals surface area (Å²) in [6.45, 7) is 13.0. The highest BCUT2D eigenvalue weighted by Gasteiger charge is 2.41. The number of rotatable bonds is 5. The Morgan fingerprint density at radius 1 is 1.24 bits per heavy atom. The lowest BCUT2D eigenvalue weighted by Gasteiger charge is -2.38. The third-order valence-electron chi connectivity index (χ3n) is 4.88. The van der Waals surface area contributed by atoms with Crippen molar-refractivity contribution in [1.29, 1.82) is 0 Å². The lowest BCUT2D eigenvalue weighted by atomic mass is 9.72. The van der Waals surface area contributed by atoms with Crippen molar-refractivity contribution in [2.45, 2.75) is 64.8 Å². The number of nitrogens with one attached hydrogen (secondary N) is 1. The van der Waals surface area contributed by atoms with Crippen LogP contribution in [0.3, 0.4) is 0 Å². The van der Waals surface area contributed by atoms with Crippen LogP contribution in [0.1, 0.15) is 59.4 Å². The second kappa shape index (κ2) is 6.39. The van der Waals surface area contributed by atoms with Crippen LogP contribution in [0, 0.1) is 5.92 Å². The second-order valence-corrected chi connectivity index (χ2v) is 7.51. The molecule has 1 aliphatic rings. The molecule has 0 aliphatic heterocycles. The highest BCUT2D eigenvalue weighted by molar-refractivity contribution is 5.34. The van der Waals surface area contributed by atoms with Crippen LogP contribution in [0.15, 0.2) is 24.3 Å². The lowest BCUT2D eigenvalue weighted by molar-refractivity contribution is 0.279. The quantitative estimate of drug-likeness (QED) is 0.860. The third kappa shape index (κ3) is 3.79. The van der Waals surface area contributed by atoms with E-state index in [-0.39, 0.29) is 11.0 Å². The Kier molecular flexibility index (Phi) is 4.98. The molecule has 1 fully saturated rings. The molecule has 1 N–H and O–H groups in total. The van der Waals surface area contributed by atoms with E-state index in [1.54, 1.807) is 0 Å². The molecular formula is C19H31NO. The number of hydrogen-bond donors (Lipinski definition) is 1. The molecule has 0 heterocycles. The molecule has 118 valence electrons. The van der Waals surface area contributed by atoms with Gasteiger partial charge in [-0.2, -0.15) is 0 Å². The van der Waals surface area contributed by atoms with Gasteiger partial charge in [0.25, 0.3) is 0 Å². The van der Waals surface area contributed by atoms with Crippen molar-refractivity contribution in [1.82, 2.24) is 5.32 Å². The highest BCUT2D eigenvalue weighted by Crippen LogP contribution is 2.45. The minimum atomic E-state index is 0.167. The molecule has 2 nitrogen and oxygen atoms in total. The average Bonchev–Trinajstić information content (AvgIpc) is 2.79. The van der Waals surface area contributed by atoms with Crippen LogP contribution in [-0.4, -0.2) is 18.7 Å². The first kappa shape index (κ1) is 16.4. The van der Waals surface area contributed by atoms with Crippen molar-refractivity contribution in [3.63, 3.8) is 0 Å². The van der Waals surface area contributed by atoms with Gasteiger partial charge in [-0.05, 0) is 64.2 Å². The van der Waals surface area contributed by atoms with Gasteiger partial charge in [-0.3, -0.25) is 0 Å². The summed E-state index contributed by atoms with van der Waals surface area (Å²) in [6.07, 6.45) is 3.95. The molecule has 2 unspecified atom stereocenters. The van der Waals surface area contributed by atoms with Crippen LogP contribution in [0.4, 0.5) is 0 Å². The van der Waals surface area contributed by atoms with E-state index in [0.717, 1.165) is 24.8 Å². The molecule has 2 heteroatoms. The van der Waals surface area contributed by atoms with Gasteiger partial charge in [0.15, 0.2) is 0 Å². The molecule has 0 amide bonds. The summed E-state index contributed by atoms with van der Waals surface area (Å²) in [6, 6.07) is 8.81. The molecule has 1 aliphatic carbocycles. The monoisotopic (exact) mass is 289 g/mol. The van der Waals surface area contributed by atoms with E-state index in [4.69, 9.17) is 4.74 Å². The normalized spacial score (nSPS) is 26.0. The molecule has 1 aromatic carbocycles. The fourth-order valence-corrected chi connectivity index (χ4v) is 3.51. The van der Waals surface area contributed by atoms with E-state index < -0.39 is 0 Å². The Balaban J connectivity index is 2.23. The minimum absolute atomic E-state index is 0.167. The third-order valence-corrected chi connectivity index (χ3v) is 4.88. The van der Waals surface area contributed by atoms with E-state index in [1.165, 1.54) is 24.8 Å². The van der Waals surface area contributed by atoms with Gasteiger partial charge < -0.3 is 10.1 Å². The smallest absolute Gasteiger partial charge is 0.119 e. The zero-order chi connectivity index (χ0) is 15.5. The summed E-state index contributed by atoms with van der Waals surface area (Å²) in [5, 5.41) is 3.74. The van der Waals surface area contributed by atoms with E-state index >= 15 is 0 Å². The molecule has 0 aromatic heterocycles. The van der Waals surface area contributed by atoms with Crippen molar-refractivity contribution >= 4 is 0 Å². The molecule has 0 bridgehead atoms. The molecule has 1 aromatic rings. The molecular weight excluding hydrogens is 258 g/mol. The zero-order valence-electron chi connectivity index (χ0n) is 14.3. The summed E-state index contributed by atoms with van der Waals surface area (Å²) in [4.78, 5) is 0. The van der Waals surface area contributed by atoms with Crippen molar-refractivity contribution in [3.8, 4) is 5.75 Å². The van der Waals surface area contributed by atoms with Gasteiger partial charge in [-0.15, -0.1) is 0 Å². The largest absolute Gasteiger partial charge is 0.494 e. The first-order valence-corrected chi connectivity index (χ1v) is 8.36. The van der Waals surface area contributed by atoms with Crippen LogP contribution in [0.2, 0.25) is 0 Å². The summed E-state index contributed by atoms with van der Waals surface area (Å²) in [7, 11) is 0. The van der Waals surface area contributed by atoms with Crippen molar-refractivity contribution < 1.29 is 4.74 Å². The zero-order valence-corrected chi connectivity index (χ0v) is 14.3. The van der Waals surface area contributed by atoms with E-state index in [1.807, 2.05) is 6.92 Å². The van der Waals surface area contributed by atoms with Crippen molar-refractivity contribution in [3.05, 3.63) is 29.8 Å². The van der Waals surface area contributed by atoms with Gasteiger partial charge in [0, 0.05) is 17.5 Å². The van der Waals surface area contributed by atoms with E-state index in [0.29, 0.717) is 0 Å². The van der Waals surface area contributed by atoms with Crippen LogP contribution in [-0.2, 0) is 5.41 Å². The molecule has 21 heavy (non-hydrogen) atoms.